The van der Waals surface area contributed by atoms with Crippen LogP contribution < -0.4 is 0 Å². The predicted molar refractivity (Wildman–Crippen MR) is 60.0 cm³/mol. The normalized spacial score (nSPS) is 23.9. The quantitative estimate of drug-likeness (QED) is 0.488. The summed E-state index contributed by atoms with van der Waals surface area (Å²) in [4.78, 5) is 12.3. The molecule has 0 saturated carbocycles. The van der Waals surface area contributed by atoms with E-state index in [1.54, 1.807) is 4.90 Å². The monoisotopic (exact) mass is 214 g/mol. The van der Waals surface area contributed by atoms with E-state index in [1.807, 2.05) is 14.0 Å². The zero-order chi connectivity index (χ0) is 11.3. The molecule has 0 bridgehead atoms. The minimum absolute atomic E-state index is 0.0694. The van der Waals surface area contributed by atoms with Crippen molar-refractivity contribution in [3.05, 3.63) is 5.21 Å². The molecule has 1 amide bonds. The van der Waals surface area contributed by atoms with Crippen LogP contribution in [-0.4, -0.2) is 48.7 Å². The molecule has 4 heteroatoms. The second kappa shape index (κ2) is 5.47. The SMILES string of the molecule is CC[N+]1([O-])CCCC1.CN1CCCC1=O. The van der Waals surface area contributed by atoms with Gasteiger partial charge >= 0.3 is 0 Å². The van der Waals surface area contributed by atoms with Crippen LogP contribution in [-0.2, 0) is 4.79 Å². The Morgan fingerprint density at radius 2 is 1.93 bits per heavy atom. The zero-order valence-electron chi connectivity index (χ0n) is 9.87. The first-order valence-electron chi connectivity index (χ1n) is 5.88. The third kappa shape index (κ3) is 3.80. The summed E-state index contributed by atoms with van der Waals surface area (Å²) in [6.45, 7) is 5.41. The highest BCUT2D eigenvalue weighted by Gasteiger charge is 2.19. The Morgan fingerprint density at radius 3 is 2.13 bits per heavy atom. The number of quaternary nitrogens is 1. The lowest BCUT2D eigenvalue weighted by Crippen LogP contribution is -2.38. The van der Waals surface area contributed by atoms with E-state index in [4.69, 9.17) is 0 Å². The fourth-order valence-corrected chi connectivity index (χ4v) is 2.01. The van der Waals surface area contributed by atoms with E-state index < -0.39 is 0 Å². The summed E-state index contributed by atoms with van der Waals surface area (Å²) in [6, 6.07) is 0. The summed E-state index contributed by atoms with van der Waals surface area (Å²) < 4.78 is 0.0694. The summed E-state index contributed by atoms with van der Waals surface area (Å²) in [5.74, 6) is 0.292. The number of likely N-dealkylation sites (tertiary alicyclic amines) is 2. The zero-order valence-corrected chi connectivity index (χ0v) is 9.87. The van der Waals surface area contributed by atoms with Gasteiger partial charge in [-0.2, -0.15) is 0 Å². The van der Waals surface area contributed by atoms with Crippen molar-refractivity contribution in [1.29, 1.82) is 0 Å². The average molecular weight is 214 g/mol. The van der Waals surface area contributed by atoms with Gasteiger partial charge in [-0.1, -0.05) is 0 Å². The van der Waals surface area contributed by atoms with Crippen molar-refractivity contribution in [1.82, 2.24) is 4.90 Å². The summed E-state index contributed by atoms with van der Waals surface area (Å²) in [6.07, 6.45) is 4.08. The van der Waals surface area contributed by atoms with Gasteiger partial charge in [0.25, 0.3) is 0 Å². The number of nitrogens with zero attached hydrogens (tertiary/aromatic N) is 2. The fourth-order valence-electron chi connectivity index (χ4n) is 2.01. The van der Waals surface area contributed by atoms with Gasteiger partial charge in [-0.15, -0.1) is 0 Å². The van der Waals surface area contributed by atoms with Crippen molar-refractivity contribution in [2.24, 2.45) is 0 Å². The lowest BCUT2D eigenvalue weighted by molar-refractivity contribution is -0.866. The molecule has 2 aliphatic rings. The molecule has 0 aromatic heterocycles. The number of hydrogen-bond acceptors (Lipinski definition) is 2. The molecule has 2 saturated heterocycles. The molecule has 0 atom stereocenters. The average Bonchev–Trinajstić information content (AvgIpc) is 2.80. The standard InChI is InChI=1S/C6H13NO.C5H9NO/c1-2-7(8)5-3-4-6-7;1-6-4-2-3-5(6)7/h2-6H2,1H3;2-4H2,1H3. The Hall–Kier alpha value is -0.610. The Labute approximate surface area is 92.0 Å². The predicted octanol–water partition coefficient (Wildman–Crippen LogP) is 1.35. The maximum absolute atomic E-state index is 11.2. The van der Waals surface area contributed by atoms with Crippen molar-refractivity contribution in [3.63, 3.8) is 0 Å². The summed E-state index contributed by atoms with van der Waals surface area (Å²) in [5, 5.41) is 11.2. The van der Waals surface area contributed by atoms with Crippen molar-refractivity contribution in [2.75, 3.05) is 33.2 Å². The molecule has 0 aromatic carbocycles. The molecule has 0 aliphatic carbocycles. The molecule has 2 aliphatic heterocycles. The van der Waals surface area contributed by atoms with Crippen LogP contribution in [0.3, 0.4) is 0 Å². The highest BCUT2D eigenvalue weighted by Crippen LogP contribution is 2.15. The van der Waals surface area contributed by atoms with Crippen molar-refractivity contribution < 1.29 is 9.44 Å². The molecule has 2 rings (SSSR count). The lowest BCUT2D eigenvalue weighted by atomic mass is 10.4. The number of carbonyl (C=O) groups excluding carboxylic acids is 1. The van der Waals surface area contributed by atoms with Crippen LogP contribution in [0.5, 0.6) is 0 Å². The van der Waals surface area contributed by atoms with Gasteiger partial charge < -0.3 is 14.8 Å². The van der Waals surface area contributed by atoms with Gasteiger partial charge in [-0.3, -0.25) is 4.79 Å². The first kappa shape index (κ1) is 12.5. The van der Waals surface area contributed by atoms with Gasteiger partial charge in [0.2, 0.25) is 5.91 Å². The molecule has 0 radical (unpaired) electrons. The van der Waals surface area contributed by atoms with Gasteiger partial charge in [0.05, 0.1) is 19.6 Å². The van der Waals surface area contributed by atoms with Crippen LogP contribution in [0.1, 0.15) is 32.6 Å². The Bertz CT molecular complexity index is 213. The summed E-state index contributed by atoms with van der Waals surface area (Å²) in [7, 11) is 1.84. The first-order valence-corrected chi connectivity index (χ1v) is 5.88. The Morgan fingerprint density at radius 1 is 1.33 bits per heavy atom. The van der Waals surface area contributed by atoms with Crippen LogP contribution >= 0.6 is 0 Å². The molecule has 15 heavy (non-hydrogen) atoms. The van der Waals surface area contributed by atoms with E-state index in [2.05, 4.69) is 0 Å². The first-order chi connectivity index (χ1) is 7.07. The van der Waals surface area contributed by atoms with Crippen molar-refractivity contribution in [3.8, 4) is 0 Å². The number of hydroxylamine groups is 3. The van der Waals surface area contributed by atoms with Gasteiger partial charge in [0, 0.05) is 32.9 Å². The van der Waals surface area contributed by atoms with E-state index >= 15 is 0 Å². The number of hydrogen-bond donors (Lipinski definition) is 0. The highest BCUT2D eigenvalue weighted by atomic mass is 16.5. The third-order valence-electron chi connectivity index (χ3n) is 3.27. The molecule has 88 valence electrons. The second-order valence-electron chi connectivity index (χ2n) is 4.45. The molecule has 0 unspecified atom stereocenters. The largest absolute Gasteiger partial charge is 0.633 e. The molecule has 0 N–H and O–H groups in total. The van der Waals surface area contributed by atoms with E-state index in [1.165, 1.54) is 0 Å². The molecule has 2 heterocycles. The lowest BCUT2D eigenvalue weighted by Gasteiger charge is -2.36. The summed E-state index contributed by atoms with van der Waals surface area (Å²) >= 11 is 0. The van der Waals surface area contributed by atoms with Crippen LogP contribution in [0, 0.1) is 5.21 Å². The minimum atomic E-state index is 0.0694. The Balaban J connectivity index is 0.000000151. The molecular weight excluding hydrogens is 192 g/mol. The maximum atomic E-state index is 11.2. The number of amides is 1. The molecule has 0 spiro atoms. The van der Waals surface area contributed by atoms with Crippen LogP contribution in [0.4, 0.5) is 0 Å². The smallest absolute Gasteiger partial charge is 0.222 e. The summed E-state index contributed by atoms with van der Waals surface area (Å²) in [5.41, 5.74) is 0. The molecule has 4 nitrogen and oxygen atoms in total. The topological polar surface area (TPSA) is 43.4 Å². The number of carbonyl (C=O) groups is 1. The number of rotatable bonds is 1. The Kier molecular flexibility index (Phi) is 4.54. The minimum Gasteiger partial charge on any atom is -0.633 e. The van der Waals surface area contributed by atoms with E-state index in [-0.39, 0.29) is 4.65 Å². The highest BCUT2D eigenvalue weighted by molar-refractivity contribution is 5.77. The van der Waals surface area contributed by atoms with Gasteiger partial charge in [-0.05, 0) is 13.3 Å². The van der Waals surface area contributed by atoms with E-state index in [9.17, 15) is 10.0 Å². The second-order valence-corrected chi connectivity index (χ2v) is 4.45. The van der Waals surface area contributed by atoms with Gasteiger partial charge in [-0.25, -0.2) is 0 Å². The molecule has 0 aromatic rings. The van der Waals surface area contributed by atoms with Crippen molar-refractivity contribution in [2.45, 2.75) is 32.6 Å². The van der Waals surface area contributed by atoms with E-state index in [0.29, 0.717) is 5.91 Å². The third-order valence-corrected chi connectivity index (χ3v) is 3.27. The van der Waals surface area contributed by atoms with Gasteiger partial charge in [0.15, 0.2) is 0 Å². The van der Waals surface area contributed by atoms with E-state index in [0.717, 1.165) is 51.9 Å². The van der Waals surface area contributed by atoms with Crippen LogP contribution in [0.15, 0.2) is 0 Å². The van der Waals surface area contributed by atoms with Crippen molar-refractivity contribution >= 4 is 5.91 Å². The fraction of sp³-hybridized carbons (Fsp3) is 0.909. The molecule has 2 fully saturated rings. The van der Waals surface area contributed by atoms with Crippen LogP contribution in [0.25, 0.3) is 0 Å². The van der Waals surface area contributed by atoms with Gasteiger partial charge in [0.1, 0.15) is 0 Å². The maximum Gasteiger partial charge on any atom is 0.222 e. The molecular formula is C11H22N2O2. The van der Waals surface area contributed by atoms with Crippen LogP contribution in [0.2, 0.25) is 0 Å².